The molecule has 0 saturated heterocycles. The van der Waals surface area contributed by atoms with Crippen LogP contribution in [0.4, 0.5) is 0 Å². The van der Waals surface area contributed by atoms with E-state index in [0.29, 0.717) is 11.8 Å². The molecule has 9 aromatic carbocycles. The lowest BCUT2D eigenvalue weighted by Gasteiger charge is -2.30. The van der Waals surface area contributed by atoms with E-state index in [-0.39, 0.29) is 5.41 Å². The molecule has 0 heteroatoms. The Labute approximate surface area is 304 Å². The summed E-state index contributed by atoms with van der Waals surface area (Å²) in [5.74, 6) is 0.750. The molecular formula is C52H38. The van der Waals surface area contributed by atoms with E-state index in [4.69, 9.17) is 0 Å². The van der Waals surface area contributed by atoms with Crippen LogP contribution >= 0.6 is 0 Å². The zero-order valence-corrected chi connectivity index (χ0v) is 29.8. The maximum Gasteiger partial charge on any atom is 0.0139 e. The van der Waals surface area contributed by atoms with E-state index < -0.39 is 0 Å². The summed E-state index contributed by atoms with van der Waals surface area (Å²) in [7, 11) is 0. The van der Waals surface area contributed by atoms with Crippen molar-refractivity contribution in [1.82, 2.24) is 0 Å². The van der Waals surface area contributed by atoms with Crippen LogP contribution in [-0.2, 0) is 5.41 Å². The van der Waals surface area contributed by atoms with E-state index >= 15 is 0 Å². The molecule has 0 amide bonds. The maximum atomic E-state index is 2.61. The second-order valence-electron chi connectivity index (χ2n) is 16.6. The average Bonchev–Trinajstić information content (AvgIpc) is 3.80. The van der Waals surface area contributed by atoms with Crippen LogP contribution in [-0.4, -0.2) is 0 Å². The molecule has 2 unspecified atom stereocenters. The highest BCUT2D eigenvalue weighted by Crippen LogP contribution is 2.58. The summed E-state index contributed by atoms with van der Waals surface area (Å²) >= 11 is 0. The summed E-state index contributed by atoms with van der Waals surface area (Å²) in [4.78, 5) is 0. The van der Waals surface area contributed by atoms with Crippen molar-refractivity contribution in [2.45, 2.75) is 50.9 Å². The summed E-state index contributed by atoms with van der Waals surface area (Å²) in [6.07, 6.45) is 9.63. The highest BCUT2D eigenvalue weighted by molar-refractivity contribution is 6.48. The topological polar surface area (TPSA) is 0 Å². The van der Waals surface area contributed by atoms with Crippen molar-refractivity contribution in [3.8, 4) is 11.1 Å². The summed E-state index contributed by atoms with van der Waals surface area (Å²) < 4.78 is 0. The van der Waals surface area contributed by atoms with Crippen LogP contribution in [0, 0.1) is 0 Å². The number of fused-ring (bicyclic) bond motifs is 10. The van der Waals surface area contributed by atoms with E-state index in [1.165, 1.54) is 109 Å². The van der Waals surface area contributed by atoms with Crippen LogP contribution < -0.4 is 0 Å². The van der Waals surface area contributed by atoms with E-state index in [1.54, 1.807) is 5.57 Å². The molecule has 0 N–H and O–H groups in total. The van der Waals surface area contributed by atoms with E-state index in [0.717, 1.165) is 12.8 Å². The molecule has 2 atom stereocenters. The van der Waals surface area contributed by atoms with Crippen LogP contribution in [0.2, 0.25) is 0 Å². The van der Waals surface area contributed by atoms with Crippen LogP contribution in [0.15, 0.2) is 151 Å². The van der Waals surface area contributed by atoms with Crippen LogP contribution in [0.1, 0.15) is 67.7 Å². The lowest BCUT2D eigenvalue weighted by atomic mass is 9.73. The van der Waals surface area contributed by atoms with E-state index in [2.05, 4.69) is 160 Å². The Morgan fingerprint density at radius 2 is 1.25 bits per heavy atom. The predicted molar refractivity (Wildman–Crippen MR) is 223 cm³/mol. The van der Waals surface area contributed by atoms with Gasteiger partial charge in [-0.25, -0.2) is 0 Å². The first-order chi connectivity index (χ1) is 25.5. The lowest BCUT2D eigenvalue weighted by molar-refractivity contribution is 0.588. The number of benzene rings is 7. The van der Waals surface area contributed by atoms with Crippen molar-refractivity contribution in [2.24, 2.45) is 0 Å². The second-order valence-corrected chi connectivity index (χ2v) is 16.6. The molecule has 246 valence electrons. The minimum absolute atomic E-state index is 0.133. The van der Waals surface area contributed by atoms with Crippen molar-refractivity contribution < 1.29 is 0 Å². The summed E-state index contributed by atoms with van der Waals surface area (Å²) in [5.41, 5.74) is 13.3. The molecule has 0 radical (unpaired) electrons. The predicted octanol–water partition coefficient (Wildman–Crippen LogP) is 14.4. The van der Waals surface area contributed by atoms with Gasteiger partial charge in [-0.15, -0.1) is 0 Å². The van der Waals surface area contributed by atoms with Crippen molar-refractivity contribution in [3.63, 3.8) is 0 Å². The number of rotatable bonds is 2. The Kier molecular flexibility index (Phi) is 5.55. The fourth-order valence-corrected chi connectivity index (χ4v) is 10.7. The van der Waals surface area contributed by atoms with Gasteiger partial charge in [-0.2, -0.15) is 0 Å². The molecule has 0 nitrogen and oxygen atoms in total. The standard InChI is InChI=1S/C52H38/c1-52(2,3)32-22-23-35-39-25-24-33(36-18-11-19-38(47(36)39)42(35)28-32)31-26-43-34-16-7-8-17-37(34)49-48(43)44(27-31)46(30-12-5-4-6-13-30)50-40-20-9-14-29-15-10-21-41(45(29)40)51(49)50/h4-18,20-23,25-28,33,38H,19,24H2,1-3H3. The quantitative estimate of drug-likeness (QED) is 0.173. The van der Waals surface area contributed by atoms with Gasteiger partial charge in [-0.1, -0.05) is 148 Å². The maximum absolute atomic E-state index is 2.61. The van der Waals surface area contributed by atoms with Gasteiger partial charge in [0.15, 0.2) is 0 Å². The monoisotopic (exact) mass is 662 g/mol. The molecule has 0 aromatic heterocycles. The van der Waals surface area contributed by atoms with Gasteiger partial charge in [0.2, 0.25) is 0 Å². The summed E-state index contributed by atoms with van der Waals surface area (Å²) in [5, 5.41) is 16.6. The largest absolute Gasteiger partial charge is 0.0833 e. The number of hydrogen-bond acceptors (Lipinski definition) is 0. The third-order valence-corrected chi connectivity index (χ3v) is 13.0. The molecule has 0 spiro atoms. The van der Waals surface area contributed by atoms with Crippen LogP contribution in [0.5, 0.6) is 0 Å². The van der Waals surface area contributed by atoms with E-state index in [9.17, 15) is 0 Å². The Morgan fingerprint density at radius 3 is 2.06 bits per heavy atom. The SMILES string of the molecule is CC(C)(C)c1ccc2c(c1)C1CC=CC3=C1C2=CCC3c1cc2c(-c3ccccc3)c3c4cccc5cccc(c54)c3c3c4ccccc4c(c1)c23. The molecule has 0 saturated carbocycles. The minimum Gasteiger partial charge on any atom is -0.0833 e. The fourth-order valence-electron chi connectivity index (χ4n) is 10.7. The third kappa shape index (κ3) is 3.62. The molecule has 3 aliphatic rings. The first-order valence-electron chi connectivity index (χ1n) is 19.1. The van der Waals surface area contributed by atoms with Crippen molar-refractivity contribution >= 4 is 70.2 Å². The minimum atomic E-state index is 0.133. The Morgan fingerprint density at radius 1 is 0.538 bits per heavy atom. The molecular weight excluding hydrogens is 625 g/mol. The van der Waals surface area contributed by atoms with Gasteiger partial charge in [0.05, 0.1) is 0 Å². The molecule has 9 aromatic rings. The number of hydrogen-bond donors (Lipinski definition) is 0. The first kappa shape index (κ1) is 28.9. The van der Waals surface area contributed by atoms with Crippen LogP contribution in [0.3, 0.4) is 0 Å². The van der Waals surface area contributed by atoms with E-state index in [1.807, 2.05) is 0 Å². The van der Waals surface area contributed by atoms with Gasteiger partial charge in [0.25, 0.3) is 0 Å². The molecule has 0 bridgehead atoms. The zero-order chi connectivity index (χ0) is 34.5. The highest BCUT2D eigenvalue weighted by atomic mass is 14.4. The average molecular weight is 663 g/mol. The zero-order valence-electron chi connectivity index (χ0n) is 29.8. The Balaban J connectivity index is 1.19. The fraction of sp³-hybridized carbons (Fsp3) is 0.154. The van der Waals surface area contributed by atoms with Crippen molar-refractivity contribution in [3.05, 3.63) is 173 Å². The van der Waals surface area contributed by atoms with Crippen molar-refractivity contribution in [1.29, 1.82) is 0 Å². The van der Waals surface area contributed by atoms with Gasteiger partial charge in [0.1, 0.15) is 0 Å². The van der Waals surface area contributed by atoms with Gasteiger partial charge in [-0.05, 0) is 145 Å². The second kappa shape index (κ2) is 9.99. The normalized spacial score (nSPS) is 18.5. The van der Waals surface area contributed by atoms with Gasteiger partial charge < -0.3 is 0 Å². The summed E-state index contributed by atoms with van der Waals surface area (Å²) in [6, 6.07) is 46.7. The Hall–Kier alpha value is -5.72. The summed E-state index contributed by atoms with van der Waals surface area (Å²) in [6.45, 7) is 7.01. The molecule has 52 heavy (non-hydrogen) atoms. The third-order valence-electron chi connectivity index (χ3n) is 13.0. The van der Waals surface area contributed by atoms with Crippen molar-refractivity contribution in [2.75, 3.05) is 0 Å². The first-order valence-corrected chi connectivity index (χ1v) is 19.1. The number of allylic oxidation sites excluding steroid dienone is 6. The van der Waals surface area contributed by atoms with Crippen LogP contribution in [0.25, 0.3) is 81.3 Å². The molecule has 0 aliphatic heterocycles. The molecule has 12 rings (SSSR count). The lowest BCUT2D eigenvalue weighted by Crippen LogP contribution is -2.13. The molecule has 3 aliphatic carbocycles. The molecule has 0 heterocycles. The Bertz CT molecular complexity index is 3080. The van der Waals surface area contributed by atoms with Gasteiger partial charge >= 0.3 is 0 Å². The molecule has 0 fully saturated rings. The smallest absolute Gasteiger partial charge is 0.0139 e. The van der Waals surface area contributed by atoms with Gasteiger partial charge in [-0.3, -0.25) is 0 Å². The van der Waals surface area contributed by atoms with Gasteiger partial charge in [0, 0.05) is 11.8 Å². The highest BCUT2D eigenvalue weighted by Gasteiger charge is 2.39.